The van der Waals surface area contributed by atoms with Crippen LogP contribution in [0.2, 0.25) is 0 Å². The lowest BCUT2D eigenvalue weighted by atomic mass is 10.1. The molecule has 3 rings (SSSR count). The van der Waals surface area contributed by atoms with E-state index in [4.69, 9.17) is 9.15 Å². The van der Waals surface area contributed by atoms with Gasteiger partial charge in [0.1, 0.15) is 23.0 Å². The van der Waals surface area contributed by atoms with Gasteiger partial charge in [0, 0.05) is 24.3 Å². The average molecular weight is 444 g/mol. The highest BCUT2D eigenvalue weighted by Gasteiger charge is 2.30. The van der Waals surface area contributed by atoms with Crippen LogP contribution in [0.4, 0.5) is 13.2 Å². The number of hydrogen-bond donors (Lipinski definition) is 2. The zero-order valence-corrected chi connectivity index (χ0v) is 17.1. The van der Waals surface area contributed by atoms with Crippen LogP contribution in [0.15, 0.2) is 70.8 Å². The fraction of sp³-hybridized carbons (Fsp3) is 0.130. The Kier molecular flexibility index (Phi) is 6.67. The molecular formula is C23H19F3N2O4. The first-order valence-corrected chi connectivity index (χ1v) is 9.38. The number of hydrogen-bond acceptors (Lipinski definition) is 4. The summed E-state index contributed by atoms with van der Waals surface area (Å²) >= 11 is 0. The van der Waals surface area contributed by atoms with Crippen LogP contribution in [-0.2, 0) is 11.0 Å². The van der Waals surface area contributed by atoms with Crippen LogP contribution in [0.3, 0.4) is 0 Å². The van der Waals surface area contributed by atoms with E-state index in [-0.39, 0.29) is 22.8 Å². The minimum atomic E-state index is -4.48. The number of benzene rings is 2. The summed E-state index contributed by atoms with van der Waals surface area (Å²) in [5.74, 6) is -0.191. The standard InChI is InChI=1S/C23H19F3N2O4/c1-27-22(30)19(28-21(29)14-6-8-17(31-2)9-7-14)13-18-10-11-20(32-18)15-4-3-5-16(12-15)23(24,25)26/h3-13H,1-2H3,(H,27,30)(H,28,29)/b19-13-. The molecule has 32 heavy (non-hydrogen) atoms. The summed E-state index contributed by atoms with van der Waals surface area (Å²) in [4.78, 5) is 24.7. The maximum Gasteiger partial charge on any atom is 0.416 e. The molecule has 2 amide bonds. The van der Waals surface area contributed by atoms with E-state index in [0.717, 1.165) is 12.1 Å². The molecule has 1 heterocycles. The number of halogens is 3. The van der Waals surface area contributed by atoms with Gasteiger partial charge in [-0.2, -0.15) is 13.2 Å². The molecule has 0 aliphatic rings. The van der Waals surface area contributed by atoms with Crippen molar-refractivity contribution in [2.75, 3.05) is 14.2 Å². The third-order valence-corrected chi connectivity index (χ3v) is 4.46. The molecule has 0 aliphatic heterocycles. The third kappa shape index (κ3) is 5.37. The smallest absolute Gasteiger partial charge is 0.416 e. The van der Waals surface area contributed by atoms with E-state index in [0.29, 0.717) is 11.3 Å². The molecule has 2 aromatic carbocycles. The minimum absolute atomic E-state index is 0.0988. The van der Waals surface area contributed by atoms with Crippen molar-refractivity contribution in [2.45, 2.75) is 6.18 Å². The molecule has 9 heteroatoms. The second-order valence-electron chi connectivity index (χ2n) is 6.60. The van der Waals surface area contributed by atoms with Crippen LogP contribution in [0.5, 0.6) is 5.75 Å². The number of carbonyl (C=O) groups excluding carboxylic acids is 2. The van der Waals surface area contributed by atoms with Gasteiger partial charge in [0.15, 0.2) is 0 Å². The maximum absolute atomic E-state index is 13.0. The second kappa shape index (κ2) is 9.42. The van der Waals surface area contributed by atoms with Crippen molar-refractivity contribution in [1.82, 2.24) is 10.6 Å². The summed E-state index contributed by atoms with van der Waals surface area (Å²) < 4.78 is 49.5. The van der Waals surface area contributed by atoms with Gasteiger partial charge in [-0.15, -0.1) is 0 Å². The molecule has 6 nitrogen and oxygen atoms in total. The number of rotatable bonds is 6. The van der Waals surface area contributed by atoms with Gasteiger partial charge in [-0.05, 0) is 48.5 Å². The number of ether oxygens (including phenoxy) is 1. The van der Waals surface area contributed by atoms with Gasteiger partial charge < -0.3 is 19.8 Å². The molecule has 0 fully saturated rings. The molecule has 166 valence electrons. The third-order valence-electron chi connectivity index (χ3n) is 4.46. The van der Waals surface area contributed by atoms with Gasteiger partial charge in [0.25, 0.3) is 11.8 Å². The van der Waals surface area contributed by atoms with Crippen LogP contribution in [0, 0.1) is 0 Å². The number of amides is 2. The van der Waals surface area contributed by atoms with Gasteiger partial charge >= 0.3 is 6.18 Å². The molecular weight excluding hydrogens is 425 g/mol. The number of furan rings is 1. The Balaban J connectivity index is 1.85. The quantitative estimate of drug-likeness (QED) is 0.549. The lowest BCUT2D eigenvalue weighted by molar-refractivity contribution is -0.137. The average Bonchev–Trinajstić information content (AvgIpc) is 3.26. The van der Waals surface area contributed by atoms with Crippen molar-refractivity contribution in [3.63, 3.8) is 0 Å². The molecule has 3 aromatic rings. The monoisotopic (exact) mass is 444 g/mol. The lowest BCUT2D eigenvalue weighted by Gasteiger charge is -2.09. The zero-order chi connectivity index (χ0) is 23.3. The van der Waals surface area contributed by atoms with Gasteiger partial charge in [-0.25, -0.2) is 0 Å². The SMILES string of the molecule is CNC(=O)/C(=C/c1ccc(-c2cccc(C(F)(F)F)c2)o1)NC(=O)c1ccc(OC)cc1. The van der Waals surface area contributed by atoms with Crippen molar-refractivity contribution in [1.29, 1.82) is 0 Å². The lowest BCUT2D eigenvalue weighted by Crippen LogP contribution is -2.33. The molecule has 0 spiro atoms. The number of carbonyl (C=O) groups is 2. The normalized spacial score (nSPS) is 11.7. The van der Waals surface area contributed by atoms with E-state index in [2.05, 4.69) is 10.6 Å². The van der Waals surface area contributed by atoms with Crippen LogP contribution in [0.25, 0.3) is 17.4 Å². The first kappa shape index (κ1) is 22.7. The Morgan fingerprint density at radius 1 is 1.03 bits per heavy atom. The molecule has 2 N–H and O–H groups in total. The first-order chi connectivity index (χ1) is 15.2. The fourth-order valence-electron chi connectivity index (χ4n) is 2.81. The highest BCUT2D eigenvalue weighted by atomic mass is 19.4. The molecule has 0 aliphatic carbocycles. The van der Waals surface area contributed by atoms with E-state index >= 15 is 0 Å². The summed E-state index contributed by atoms with van der Waals surface area (Å²) in [7, 11) is 2.89. The van der Waals surface area contributed by atoms with E-state index in [1.54, 1.807) is 12.1 Å². The van der Waals surface area contributed by atoms with Gasteiger partial charge in [0.05, 0.1) is 12.7 Å². The predicted molar refractivity (Wildman–Crippen MR) is 112 cm³/mol. The summed E-state index contributed by atoms with van der Waals surface area (Å²) in [6.45, 7) is 0. The molecule has 0 radical (unpaired) electrons. The fourth-order valence-corrected chi connectivity index (χ4v) is 2.81. The molecule has 1 aromatic heterocycles. The number of likely N-dealkylation sites (N-methyl/N-ethyl adjacent to an activating group) is 1. The molecule has 0 bridgehead atoms. The van der Waals surface area contributed by atoms with Gasteiger partial charge in [-0.3, -0.25) is 9.59 Å². The van der Waals surface area contributed by atoms with Crippen LogP contribution in [-0.4, -0.2) is 26.0 Å². The van der Waals surface area contributed by atoms with Crippen molar-refractivity contribution in [3.8, 4) is 17.1 Å². The predicted octanol–water partition coefficient (Wildman–Crippen LogP) is 4.49. The highest BCUT2D eigenvalue weighted by Crippen LogP contribution is 2.32. The summed E-state index contributed by atoms with van der Waals surface area (Å²) in [5.41, 5.74) is -0.382. The molecule has 0 saturated carbocycles. The largest absolute Gasteiger partial charge is 0.497 e. The van der Waals surface area contributed by atoms with Gasteiger partial charge in [-0.1, -0.05) is 12.1 Å². The Labute approximate surface area is 181 Å². The Morgan fingerprint density at radius 3 is 2.38 bits per heavy atom. The van der Waals surface area contributed by atoms with Crippen LogP contribution >= 0.6 is 0 Å². The molecule has 0 atom stereocenters. The highest BCUT2D eigenvalue weighted by molar-refractivity contribution is 6.05. The summed E-state index contributed by atoms with van der Waals surface area (Å²) in [5, 5.41) is 4.92. The molecule has 0 saturated heterocycles. The topological polar surface area (TPSA) is 80.6 Å². The Morgan fingerprint density at radius 2 is 1.75 bits per heavy atom. The number of nitrogens with one attached hydrogen (secondary N) is 2. The van der Waals surface area contributed by atoms with E-state index in [9.17, 15) is 22.8 Å². The van der Waals surface area contributed by atoms with E-state index in [1.165, 1.54) is 56.6 Å². The van der Waals surface area contributed by atoms with Crippen molar-refractivity contribution in [3.05, 3.63) is 83.2 Å². The maximum atomic E-state index is 13.0. The van der Waals surface area contributed by atoms with Crippen LogP contribution < -0.4 is 15.4 Å². The van der Waals surface area contributed by atoms with Crippen molar-refractivity contribution < 1.29 is 31.9 Å². The number of methoxy groups -OCH3 is 1. The second-order valence-corrected chi connectivity index (χ2v) is 6.60. The zero-order valence-electron chi connectivity index (χ0n) is 17.1. The Hall–Kier alpha value is -4.01. The summed E-state index contributed by atoms with van der Waals surface area (Å²) in [6, 6.07) is 13.9. The van der Waals surface area contributed by atoms with Crippen molar-refractivity contribution >= 4 is 17.9 Å². The number of alkyl halides is 3. The Bertz CT molecular complexity index is 1150. The van der Waals surface area contributed by atoms with E-state index in [1.807, 2.05) is 0 Å². The van der Waals surface area contributed by atoms with Crippen molar-refractivity contribution in [2.24, 2.45) is 0 Å². The minimum Gasteiger partial charge on any atom is -0.497 e. The summed E-state index contributed by atoms with van der Waals surface area (Å²) in [6.07, 6.45) is -3.19. The molecule has 0 unspecified atom stereocenters. The van der Waals surface area contributed by atoms with Crippen LogP contribution in [0.1, 0.15) is 21.7 Å². The van der Waals surface area contributed by atoms with E-state index < -0.39 is 23.6 Å². The van der Waals surface area contributed by atoms with Gasteiger partial charge in [0.2, 0.25) is 0 Å². The first-order valence-electron chi connectivity index (χ1n) is 9.38.